The number of amides is 2. The summed E-state index contributed by atoms with van der Waals surface area (Å²) >= 11 is 3.28. The second-order valence-electron chi connectivity index (χ2n) is 5.46. The second kappa shape index (κ2) is 6.13. The molecule has 0 saturated carbocycles. The Kier molecular flexibility index (Phi) is 4.66. The maximum absolute atomic E-state index is 14.2. The van der Waals surface area contributed by atoms with Crippen molar-refractivity contribution in [2.45, 2.75) is 39.3 Å². The fourth-order valence-corrected chi connectivity index (χ4v) is 2.91. The number of carbonyl (C=O) groups is 2. The Balaban J connectivity index is 2.55. The Morgan fingerprint density at radius 3 is 2.62 bits per heavy atom. The number of carbonyl (C=O) groups excluding carboxylic acids is 2. The number of anilines is 1. The van der Waals surface area contributed by atoms with E-state index < -0.39 is 17.9 Å². The Hall–Kier alpha value is -1.43. The molecule has 1 heterocycles. The maximum Gasteiger partial charge on any atom is 0.250 e. The van der Waals surface area contributed by atoms with Gasteiger partial charge in [0.25, 0.3) is 0 Å². The highest BCUT2D eigenvalue weighted by atomic mass is 79.9. The number of hydrogen-bond acceptors (Lipinski definition) is 2. The number of nitrogens with one attached hydrogen (secondary N) is 1. The van der Waals surface area contributed by atoms with Crippen LogP contribution in [0.4, 0.5) is 10.1 Å². The van der Waals surface area contributed by atoms with Gasteiger partial charge in [0.15, 0.2) is 0 Å². The fraction of sp³-hybridized carbons (Fsp3) is 0.467. The summed E-state index contributed by atoms with van der Waals surface area (Å²) in [6, 6.07) is 3.08. The number of benzene rings is 1. The van der Waals surface area contributed by atoms with Crippen LogP contribution in [0.2, 0.25) is 0 Å². The molecule has 2 amide bonds. The molecule has 4 nitrogen and oxygen atoms in total. The third-order valence-corrected chi connectivity index (χ3v) is 4.10. The molecule has 0 aliphatic carbocycles. The van der Waals surface area contributed by atoms with Gasteiger partial charge in [-0.05, 0) is 30.5 Å². The first kappa shape index (κ1) is 15.9. The van der Waals surface area contributed by atoms with E-state index in [1.54, 1.807) is 6.07 Å². The van der Waals surface area contributed by atoms with Crippen LogP contribution in [0.5, 0.6) is 0 Å². The number of piperazine rings is 1. The highest BCUT2D eigenvalue weighted by Gasteiger charge is 2.43. The van der Waals surface area contributed by atoms with Crippen LogP contribution in [0.25, 0.3) is 0 Å². The van der Waals surface area contributed by atoms with Gasteiger partial charge in [0.05, 0.1) is 5.69 Å². The topological polar surface area (TPSA) is 49.4 Å². The molecule has 1 fully saturated rings. The van der Waals surface area contributed by atoms with Gasteiger partial charge >= 0.3 is 0 Å². The lowest BCUT2D eigenvalue weighted by Crippen LogP contribution is -2.65. The van der Waals surface area contributed by atoms with E-state index in [1.165, 1.54) is 17.0 Å². The zero-order valence-corrected chi connectivity index (χ0v) is 13.8. The summed E-state index contributed by atoms with van der Waals surface area (Å²) in [5.41, 5.74) is 0.140. The fourth-order valence-electron chi connectivity index (χ4n) is 2.56. The van der Waals surface area contributed by atoms with Crippen molar-refractivity contribution in [3.05, 3.63) is 28.5 Å². The first-order valence-corrected chi connectivity index (χ1v) is 7.74. The van der Waals surface area contributed by atoms with E-state index in [1.807, 2.05) is 20.8 Å². The SMILES string of the molecule is CCC1NC(=O)C(C(C)C)N(c2cc(Br)ccc2F)C1=O. The Labute approximate surface area is 131 Å². The van der Waals surface area contributed by atoms with Gasteiger partial charge in [-0.25, -0.2) is 4.39 Å². The summed E-state index contributed by atoms with van der Waals surface area (Å²) in [5.74, 6) is -1.14. The molecule has 1 aromatic carbocycles. The second-order valence-corrected chi connectivity index (χ2v) is 6.38. The molecular weight excluding hydrogens is 339 g/mol. The molecule has 2 rings (SSSR count). The molecule has 21 heavy (non-hydrogen) atoms. The third kappa shape index (κ3) is 2.95. The molecule has 0 aromatic heterocycles. The van der Waals surface area contributed by atoms with Crippen LogP contribution in [0.3, 0.4) is 0 Å². The molecule has 2 unspecified atom stereocenters. The molecule has 114 valence electrons. The maximum atomic E-state index is 14.2. The highest BCUT2D eigenvalue weighted by molar-refractivity contribution is 9.10. The molecule has 1 aromatic rings. The Morgan fingerprint density at radius 2 is 2.05 bits per heavy atom. The minimum absolute atomic E-state index is 0.120. The predicted octanol–water partition coefficient (Wildman–Crippen LogP) is 2.85. The van der Waals surface area contributed by atoms with Gasteiger partial charge in [0, 0.05) is 4.47 Å². The van der Waals surface area contributed by atoms with Crippen molar-refractivity contribution < 1.29 is 14.0 Å². The summed E-state index contributed by atoms with van der Waals surface area (Å²) in [6.07, 6.45) is 0.474. The molecule has 1 saturated heterocycles. The van der Waals surface area contributed by atoms with Crippen molar-refractivity contribution in [2.75, 3.05) is 4.90 Å². The monoisotopic (exact) mass is 356 g/mol. The lowest BCUT2D eigenvalue weighted by Gasteiger charge is -2.40. The normalized spacial score (nSPS) is 22.7. The number of nitrogens with zero attached hydrogens (tertiary/aromatic N) is 1. The van der Waals surface area contributed by atoms with Gasteiger partial charge in [0.2, 0.25) is 11.8 Å². The van der Waals surface area contributed by atoms with Gasteiger partial charge in [-0.1, -0.05) is 36.7 Å². The van der Waals surface area contributed by atoms with Gasteiger partial charge in [-0.15, -0.1) is 0 Å². The molecule has 6 heteroatoms. The van der Waals surface area contributed by atoms with Gasteiger partial charge in [0.1, 0.15) is 17.9 Å². The number of halogens is 2. The predicted molar refractivity (Wildman–Crippen MR) is 82.4 cm³/mol. The molecule has 0 bridgehead atoms. The average molecular weight is 357 g/mol. The lowest BCUT2D eigenvalue weighted by molar-refractivity contribution is -0.134. The van der Waals surface area contributed by atoms with Crippen LogP contribution in [0.15, 0.2) is 22.7 Å². The summed E-state index contributed by atoms with van der Waals surface area (Å²) < 4.78 is 14.8. The molecule has 0 spiro atoms. The van der Waals surface area contributed by atoms with E-state index in [4.69, 9.17) is 0 Å². The highest BCUT2D eigenvalue weighted by Crippen LogP contribution is 2.30. The van der Waals surface area contributed by atoms with Crippen molar-refractivity contribution in [1.82, 2.24) is 5.32 Å². The average Bonchev–Trinajstić information content (AvgIpc) is 2.43. The van der Waals surface area contributed by atoms with Crippen LogP contribution < -0.4 is 10.2 Å². The van der Waals surface area contributed by atoms with Gasteiger partial charge in [-0.2, -0.15) is 0 Å². The zero-order chi connectivity index (χ0) is 15.7. The third-order valence-electron chi connectivity index (χ3n) is 3.61. The molecule has 1 aliphatic heterocycles. The van der Waals surface area contributed by atoms with Crippen molar-refractivity contribution in [3.63, 3.8) is 0 Å². The minimum Gasteiger partial charge on any atom is -0.342 e. The van der Waals surface area contributed by atoms with E-state index in [-0.39, 0.29) is 23.4 Å². The Morgan fingerprint density at radius 1 is 1.38 bits per heavy atom. The summed E-state index contributed by atoms with van der Waals surface area (Å²) in [7, 11) is 0. The van der Waals surface area contributed by atoms with Crippen molar-refractivity contribution in [1.29, 1.82) is 0 Å². The molecule has 1 aliphatic rings. The Bertz CT molecular complexity index is 577. The lowest BCUT2D eigenvalue weighted by atomic mass is 9.95. The van der Waals surface area contributed by atoms with E-state index in [0.29, 0.717) is 10.9 Å². The van der Waals surface area contributed by atoms with E-state index in [9.17, 15) is 14.0 Å². The van der Waals surface area contributed by atoms with Gasteiger partial charge in [-0.3, -0.25) is 14.5 Å². The summed E-state index contributed by atoms with van der Waals surface area (Å²) in [4.78, 5) is 26.2. The van der Waals surface area contributed by atoms with Crippen molar-refractivity contribution in [3.8, 4) is 0 Å². The van der Waals surface area contributed by atoms with Crippen LogP contribution in [-0.4, -0.2) is 23.9 Å². The zero-order valence-electron chi connectivity index (χ0n) is 12.2. The van der Waals surface area contributed by atoms with Crippen LogP contribution in [0, 0.1) is 11.7 Å². The first-order valence-electron chi connectivity index (χ1n) is 6.95. The van der Waals surface area contributed by atoms with Crippen LogP contribution in [-0.2, 0) is 9.59 Å². The largest absolute Gasteiger partial charge is 0.342 e. The van der Waals surface area contributed by atoms with Crippen LogP contribution in [0.1, 0.15) is 27.2 Å². The van der Waals surface area contributed by atoms with Crippen molar-refractivity contribution >= 4 is 33.4 Å². The molecular formula is C15H18BrFN2O2. The molecule has 1 N–H and O–H groups in total. The van der Waals surface area contributed by atoms with E-state index in [2.05, 4.69) is 21.2 Å². The summed E-state index contributed by atoms with van der Waals surface area (Å²) in [6.45, 7) is 5.49. The molecule has 0 radical (unpaired) electrons. The van der Waals surface area contributed by atoms with E-state index >= 15 is 0 Å². The van der Waals surface area contributed by atoms with E-state index in [0.717, 1.165) is 0 Å². The van der Waals surface area contributed by atoms with Crippen molar-refractivity contribution in [2.24, 2.45) is 5.92 Å². The minimum atomic E-state index is -0.705. The summed E-state index contributed by atoms with van der Waals surface area (Å²) in [5, 5.41) is 2.72. The smallest absolute Gasteiger partial charge is 0.250 e. The number of hydrogen-bond donors (Lipinski definition) is 1. The van der Waals surface area contributed by atoms with Gasteiger partial charge < -0.3 is 5.32 Å². The first-order chi connectivity index (χ1) is 9.86. The van der Waals surface area contributed by atoms with Crippen LogP contribution >= 0.6 is 15.9 Å². The molecule has 2 atom stereocenters. The number of rotatable bonds is 3. The standard InChI is InChI=1S/C15H18BrFN2O2/c1-4-11-15(21)19(13(8(2)3)14(20)18-11)12-7-9(16)5-6-10(12)17/h5-8,11,13H,4H2,1-3H3,(H,18,20). The quantitative estimate of drug-likeness (QED) is 0.905.